The number of amides is 3. The van der Waals surface area contributed by atoms with Crippen LogP contribution in [0.1, 0.15) is 38.8 Å². The Morgan fingerprint density at radius 1 is 1.11 bits per heavy atom. The smallest absolute Gasteiger partial charge is 0.250 e. The van der Waals surface area contributed by atoms with Gasteiger partial charge in [-0.3, -0.25) is 24.3 Å². The zero-order valence-electron chi connectivity index (χ0n) is 22.1. The van der Waals surface area contributed by atoms with Crippen LogP contribution in [0.5, 0.6) is 0 Å². The summed E-state index contributed by atoms with van der Waals surface area (Å²) < 4.78 is 0. The Labute approximate surface area is 227 Å². The van der Waals surface area contributed by atoms with Crippen molar-refractivity contribution < 1.29 is 19.5 Å². The lowest BCUT2D eigenvalue weighted by Crippen LogP contribution is -2.69. The molecule has 0 saturated carbocycles. The van der Waals surface area contributed by atoms with Crippen molar-refractivity contribution in [3.05, 3.63) is 78.0 Å². The van der Waals surface area contributed by atoms with Gasteiger partial charge in [0, 0.05) is 32.3 Å². The number of thioether (sulfide) groups is 1. The molecule has 0 aromatic heterocycles. The maximum Gasteiger partial charge on any atom is 0.250 e. The Bertz CT molecular complexity index is 1250. The second-order valence-corrected chi connectivity index (χ2v) is 11.0. The van der Waals surface area contributed by atoms with Crippen LogP contribution < -0.4 is 5.32 Å². The van der Waals surface area contributed by atoms with Crippen molar-refractivity contribution in [3.63, 3.8) is 0 Å². The molecule has 2 N–H and O–H groups in total. The molecule has 3 atom stereocenters. The zero-order chi connectivity index (χ0) is 27.4. The SMILES string of the molecule is CC(=O)NC(O)(C1=NCCS1)[C@H](Cc1ccccc1)N1C(=O)C(C(C)C)N(C(C)=O)C=C1c1ccccc1. The van der Waals surface area contributed by atoms with E-state index in [9.17, 15) is 19.5 Å². The first-order valence-electron chi connectivity index (χ1n) is 12.8. The number of nitrogens with one attached hydrogen (secondary N) is 1. The van der Waals surface area contributed by atoms with E-state index in [1.165, 1.54) is 30.5 Å². The molecule has 0 aliphatic carbocycles. The van der Waals surface area contributed by atoms with Gasteiger partial charge < -0.3 is 15.3 Å². The van der Waals surface area contributed by atoms with Crippen LogP contribution in [0.4, 0.5) is 0 Å². The number of aliphatic hydroxyl groups is 1. The van der Waals surface area contributed by atoms with E-state index in [-0.39, 0.29) is 24.2 Å². The Hall–Kier alpha value is -3.43. The highest BCUT2D eigenvalue weighted by atomic mass is 32.2. The Balaban J connectivity index is 1.98. The zero-order valence-corrected chi connectivity index (χ0v) is 22.9. The lowest BCUT2D eigenvalue weighted by atomic mass is 9.89. The van der Waals surface area contributed by atoms with Gasteiger partial charge in [-0.25, -0.2) is 0 Å². The first-order valence-corrected chi connectivity index (χ1v) is 13.7. The number of nitrogens with zero attached hydrogens (tertiary/aromatic N) is 3. The number of hydrogen-bond donors (Lipinski definition) is 2. The third-order valence-corrected chi connectivity index (χ3v) is 7.82. The lowest BCUT2D eigenvalue weighted by molar-refractivity contribution is -0.148. The Morgan fingerprint density at radius 3 is 2.26 bits per heavy atom. The fraction of sp³-hybridized carbons (Fsp3) is 0.379. The summed E-state index contributed by atoms with van der Waals surface area (Å²) in [5.74, 6) is -0.562. The monoisotopic (exact) mass is 534 g/mol. The standard InChI is InChI=1S/C29H34N4O4S/c1-19(2)26-27(36)33(24(18-32(26)21(4)35)23-13-9-6-10-14-23)25(17-22-11-7-5-8-12-22)29(37,31-20(3)34)28-30-15-16-38-28/h5-14,18-19,25-26,37H,15-17H2,1-4H3,(H,31,34)/t25-,26?,29?/m0/s1. The molecule has 9 heteroatoms. The molecule has 3 amide bonds. The number of carbonyl (C=O) groups is 3. The predicted octanol–water partition coefficient (Wildman–Crippen LogP) is 3.28. The Morgan fingerprint density at radius 2 is 1.74 bits per heavy atom. The summed E-state index contributed by atoms with van der Waals surface area (Å²) in [6.45, 7) is 7.06. The molecular weight excluding hydrogens is 500 g/mol. The maximum atomic E-state index is 14.5. The van der Waals surface area contributed by atoms with Gasteiger partial charge in [-0.05, 0) is 23.5 Å². The molecule has 38 heavy (non-hydrogen) atoms. The number of carbonyl (C=O) groups excluding carboxylic acids is 3. The van der Waals surface area contributed by atoms with Crippen molar-refractivity contribution in [3.8, 4) is 0 Å². The van der Waals surface area contributed by atoms with Crippen LogP contribution in [0.25, 0.3) is 5.70 Å². The van der Waals surface area contributed by atoms with Gasteiger partial charge in [-0.2, -0.15) is 0 Å². The third kappa shape index (κ3) is 5.54. The number of benzene rings is 2. The molecular formula is C29H34N4O4S. The summed E-state index contributed by atoms with van der Waals surface area (Å²) in [6.07, 6.45) is 1.93. The van der Waals surface area contributed by atoms with Crippen molar-refractivity contribution in [2.24, 2.45) is 10.9 Å². The molecule has 0 spiro atoms. The molecule has 2 aromatic carbocycles. The van der Waals surface area contributed by atoms with Crippen LogP contribution in [0.2, 0.25) is 0 Å². The quantitative estimate of drug-likeness (QED) is 0.506. The fourth-order valence-corrected chi connectivity index (χ4v) is 6.03. The molecule has 2 aliphatic rings. The van der Waals surface area contributed by atoms with E-state index in [1.807, 2.05) is 74.5 Å². The van der Waals surface area contributed by atoms with Crippen molar-refractivity contribution in [2.75, 3.05) is 12.3 Å². The van der Waals surface area contributed by atoms with Crippen molar-refractivity contribution in [2.45, 2.75) is 51.9 Å². The second-order valence-electron chi connectivity index (χ2n) is 9.89. The van der Waals surface area contributed by atoms with E-state index in [0.29, 0.717) is 28.6 Å². The minimum atomic E-state index is -1.95. The Kier molecular flexibility index (Phi) is 8.38. The normalized spacial score (nSPS) is 20.1. The van der Waals surface area contributed by atoms with Crippen molar-refractivity contribution in [1.29, 1.82) is 0 Å². The first kappa shape index (κ1) is 27.6. The average molecular weight is 535 g/mol. The molecule has 8 nitrogen and oxygen atoms in total. The summed E-state index contributed by atoms with van der Waals surface area (Å²) in [5.41, 5.74) is 0.0986. The highest BCUT2D eigenvalue weighted by Crippen LogP contribution is 2.37. The fourth-order valence-electron chi connectivity index (χ4n) is 5.07. The van der Waals surface area contributed by atoms with Crippen molar-refractivity contribution in [1.82, 2.24) is 15.1 Å². The summed E-state index contributed by atoms with van der Waals surface area (Å²) in [5, 5.41) is 15.5. The topological polar surface area (TPSA) is 102 Å². The molecule has 2 unspecified atom stereocenters. The van der Waals surface area contributed by atoms with E-state index >= 15 is 0 Å². The number of aliphatic imine (C=N–C) groups is 1. The number of hydrogen-bond acceptors (Lipinski definition) is 6. The highest BCUT2D eigenvalue weighted by Gasteiger charge is 2.52. The molecule has 2 aliphatic heterocycles. The van der Waals surface area contributed by atoms with Crippen LogP contribution in [0.15, 0.2) is 71.9 Å². The molecule has 0 radical (unpaired) electrons. The van der Waals surface area contributed by atoms with Gasteiger partial charge >= 0.3 is 0 Å². The summed E-state index contributed by atoms with van der Waals surface area (Å²) in [6, 6.07) is 17.1. The third-order valence-electron chi connectivity index (χ3n) is 6.72. The van der Waals surface area contributed by atoms with Crippen LogP contribution in [-0.2, 0) is 20.8 Å². The largest absolute Gasteiger partial charge is 0.364 e. The summed E-state index contributed by atoms with van der Waals surface area (Å²) in [7, 11) is 0. The van der Waals surface area contributed by atoms with E-state index in [1.54, 1.807) is 11.1 Å². The minimum absolute atomic E-state index is 0.202. The second kappa shape index (κ2) is 11.5. The van der Waals surface area contributed by atoms with E-state index in [0.717, 1.165) is 5.56 Å². The molecule has 0 fully saturated rings. The van der Waals surface area contributed by atoms with Crippen molar-refractivity contribution >= 4 is 40.2 Å². The summed E-state index contributed by atoms with van der Waals surface area (Å²) >= 11 is 1.37. The van der Waals surface area contributed by atoms with Gasteiger partial charge in [-0.1, -0.05) is 74.5 Å². The molecule has 4 rings (SSSR count). The molecule has 200 valence electrons. The van der Waals surface area contributed by atoms with Gasteiger partial charge in [0.25, 0.3) is 5.91 Å². The van der Waals surface area contributed by atoms with Gasteiger partial charge in [0.1, 0.15) is 11.1 Å². The molecule has 2 heterocycles. The highest BCUT2D eigenvalue weighted by molar-refractivity contribution is 8.14. The van der Waals surface area contributed by atoms with E-state index < -0.39 is 23.7 Å². The predicted molar refractivity (Wildman–Crippen MR) is 150 cm³/mol. The van der Waals surface area contributed by atoms with Crippen LogP contribution in [0.3, 0.4) is 0 Å². The maximum absolute atomic E-state index is 14.5. The molecule has 0 saturated heterocycles. The number of rotatable bonds is 8. The van der Waals surface area contributed by atoms with Gasteiger partial charge in [0.05, 0.1) is 11.7 Å². The average Bonchev–Trinajstić information content (AvgIpc) is 3.43. The lowest BCUT2D eigenvalue weighted by Gasteiger charge is -2.48. The van der Waals surface area contributed by atoms with E-state index in [2.05, 4.69) is 10.3 Å². The van der Waals surface area contributed by atoms with Gasteiger partial charge in [-0.15, -0.1) is 11.8 Å². The van der Waals surface area contributed by atoms with E-state index in [4.69, 9.17) is 0 Å². The van der Waals surface area contributed by atoms with Gasteiger partial charge in [0.15, 0.2) is 0 Å². The van der Waals surface area contributed by atoms with Crippen LogP contribution in [0, 0.1) is 5.92 Å². The minimum Gasteiger partial charge on any atom is -0.364 e. The first-order chi connectivity index (χ1) is 18.1. The molecule has 0 bridgehead atoms. The van der Waals surface area contributed by atoms with Gasteiger partial charge in [0.2, 0.25) is 17.5 Å². The molecule has 2 aromatic rings. The summed E-state index contributed by atoms with van der Waals surface area (Å²) in [4.78, 5) is 47.3. The van der Waals surface area contributed by atoms with Crippen LogP contribution in [-0.4, -0.2) is 67.8 Å². The van der Waals surface area contributed by atoms with Crippen LogP contribution >= 0.6 is 11.8 Å².